The van der Waals surface area contributed by atoms with Crippen molar-refractivity contribution < 1.29 is 4.39 Å². The number of halogens is 1. The van der Waals surface area contributed by atoms with E-state index in [2.05, 4.69) is 4.98 Å². The predicted octanol–water partition coefficient (Wildman–Crippen LogP) is 5.39. The second-order valence-electron chi connectivity index (χ2n) is 7.70. The summed E-state index contributed by atoms with van der Waals surface area (Å²) in [7, 11) is 0. The maximum atomic E-state index is 14.9. The van der Waals surface area contributed by atoms with Crippen LogP contribution in [0, 0.1) is 12.7 Å². The molecule has 0 saturated carbocycles. The van der Waals surface area contributed by atoms with Gasteiger partial charge >= 0.3 is 0 Å². The molecule has 4 rings (SSSR count). The summed E-state index contributed by atoms with van der Waals surface area (Å²) in [5.74, 6) is 0.266. The Hall–Kier alpha value is -3.53. The molecule has 4 heteroatoms. The first-order chi connectivity index (χ1) is 15.1. The third-order valence-electron chi connectivity index (χ3n) is 5.47. The summed E-state index contributed by atoms with van der Waals surface area (Å²) in [4.78, 5) is 17.5. The van der Waals surface area contributed by atoms with Gasteiger partial charge in [-0.25, -0.2) is 9.37 Å². The summed E-state index contributed by atoms with van der Waals surface area (Å²) in [5.41, 5.74) is 4.09. The van der Waals surface area contributed by atoms with Crippen molar-refractivity contribution in [3.05, 3.63) is 123 Å². The molecule has 0 aliphatic carbocycles. The third kappa shape index (κ3) is 4.97. The van der Waals surface area contributed by atoms with E-state index in [1.807, 2.05) is 66.7 Å². The average molecular weight is 413 g/mol. The number of hydrogen-bond acceptors (Lipinski definition) is 2. The molecule has 0 unspecified atom stereocenters. The van der Waals surface area contributed by atoms with Crippen molar-refractivity contribution >= 4 is 0 Å². The van der Waals surface area contributed by atoms with E-state index in [4.69, 9.17) is 0 Å². The van der Waals surface area contributed by atoms with Crippen LogP contribution in [0.3, 0.4) is 0 Å². The van der Waals surface area contributed by atoms with Gasteiger partial charge in [-0.1, -0.05) is 72.8 Å². The van der Waals surface area contributed by atoms with E-state index in [1.54, 1.807) is 17.6 Å². The van der Waals surface area contributed by atoms with Crippen molar-refractivity contribution in [2.45, 2.75) is 32.7 Å². The second-order valence-corrected chi connectivity index (χ2v) is 7.70. The zero-order valence-corrected chi connectivity index (χ0v) is 17.6. The Kier molecular flexibility index (Phi) is 6.37. The Morgan fingerprint density at radius 3 is 2.13 bits per heavy atom. The maximum absolute atomic E-state index is 14.9. The molecular formula is C27H25FN2O. The van der Waals surface area contributed by atoms with E-state index in [1.165, 1.54) is 12.1 Å². The topological polar surface area (TPSA) is 34.9 Å². The fourth-order valence-electron chi connectivity index (χ4n) is 3.86. The van der Waals surface area contributed by atoms with Crippen LogP contribution >= 0.6 is 0 Å². The maximum Gasteiger partial charge on any atom is 0.253 e. The summed E-state index contributed by atoms with van der Waals surface area (Å²) < 4.78 is 16.6. The highest BCUT2D eigenvalue weighted by molar-refractivity contribution is 5.61. The van der Waals surface area contributed by atoms with Crippen LogP contribution in [0.4, 0.5) is 4.39 Å². The molecule has 0 saturated heterocycles. The van der Waals surface area contributed by atoms with E-state index < -0.39 is 0 Å². The van der Waals surface area contributed by atoms with Crippen molar-refractivity contribution in [2.75, 3.05) is 0 Å². The Morgan fingerprint density at radius 1 is 0.806 bits per heavy atom. The molecule has 0 atom stereocenters. The fraction of sp³-hybridized carbons (Fsp3) is 0.185. The number of rotatable bonds is 7. The highest BCUT2D eigenvalue weighted by Crippen LogP contribution is 2.26. The van der Waals surface area contributed by atoms with Gasteiger partial charge in [0.25, 0.3) is 5.56 Å². The van der Waals surface area contributed by atoms with E-state index in [9.17, 15) is 9.18 Å². The fourth-order valence-corrected chi connectivity index (χ4v) is 3.86. The predicted molar refractivity (Wildman–Crippen MR) is 123 cm³/mol. The second kappa shape index (κ2) is 9.52. The van der Waals surface area contributed by atoms with Gasteiger partial charge in [-0.05, 0) is 48.9 Å². The van der Waals surface area contributed by atoms with Crippen LogP contribution in [0.5, 0.6) is 0 Å². The molecule has 4 aromatic rings. The van der Waals surface area contributed by atoms with Gasteiger partial charge in [-0.15, -0.1) is 0 Å². The first-order valence-electron chi connectivity index (χ1n) is 10.6. The minimum atomic E-state index is -0.265. The van der Waals surface area contributed by atoms with Gasteiger partial charge in [-0.3, -0.25) is 9.36 Å². The zero-order chi connectivity index (χ0) is 21.6. The Labute approximate surface area is 181 Å². The molecule has 0 aliphatic rings. The smallest absolute Gasteiger partial charge is 0.253 e. The molecule has 156 valence electrons. The summed E-state index contributed by atoms with van der Waals surface area (Å²) >= 11 is 0. The van der Waals surface area contributed by atoms with Crippen LogP contribution in [-0.4, -0.2) is 9.55 Å². The molecular weight excluding hydrogens is 387 g/mol. The third-order valence-corrected chi connectivity index (χ3v) is 5.47. The van der Waals surface area contributed by atoms with Gasteiger partial charge in [-0.2, -0.15) is 0 Å². The monoisotopic (exact) mass is 412 g/mol. The van der Waals surface area contributed by atoms with Gasteiger partial charge in [0.2, 0.25) is 0 Å². The number of benzene rings is 3. The largest absolute Gasteiger partial charge is 0.292 e. The van der Waals surface area contributed by atoms with Crippen molar-refractivity contribution in [3.63, 3.8) is 0 Å². The molecule has 31 heavy (non-hydrogen) atoms. The van der Waals surface area contributed by atoms with Gasteiger partial charge in [0.15, 0.2) is 0 Å². The lowest BCUT2D eigenvalue weighted by Gasteiger charge is -2.16. The van der Waals surface area contributed by atoms with E-state index >= 15 is 0 Å². The lowest BCUT2D eigenvalue weighted by Crippen LogP contribution is -2.24. The minimum absolute atomic E-state index is 0.114. The number of aromatic nitrogens is 2. The molecule has 0 fully saturated rings. The Balaban J connectivity index is 1.71. The number of aryl methyl sites for hydroxylation is 3. The van der Waals surface area contributed by atoms with Gasteiger partial charge < -0.3 is 0 Å². The van der Waals surface area contributed by atoms with Gasteiger partial charge in [0.05, 0.1) is 0 Å². The molecule has 0 amide bonds. The van der Waals surface area contributed by atoms with Crippen LogP contribution in [0.2, 0.25) is 0 Å². The van der Waals surface area contributed by atoms with Crippen LogP contribution in [0.25, 0.3) is 11.4 Å². The molecule has 3 aromatic carbocycles. The van der Waals surface area contributed by atoms with E-state index in [0.717, 1.165) is 17.5 Å². The minimum Gasteiger partial charge on any atom is -0.292 e. The van der Waals surface area contributed by atoms with Crippen molar-refractivity contribution in [1.29, 1.82) is 0 Å². The number of hydrogen-bond donors (Lipinski definition) is 0. The molecule has 0 aliphatic heterocycles. The summed E-state index contributed by atoms with van der Waals surface area (Å²) in [6, 6.07) is 26.6. The van der Waals surface area contributed by atoms with Crippen LogP contribution in [0.1, 0.15) is 22.4 Å². The molecule has 1 aromatic heterocycles. The quantitative estimate of drug-likeness (QED) is 0.408. The first kappa shape index (κ1) is 20.7. The van der Waals surface area contributed by atoms with Crippen molar-refractivity contribution in [1.82, 2.24) is 9.55 Å². The standard InChI is InChI=1S/C27H25FN2O/c1-20-19-26(31)30(18-17-22-11-6-3-7-12-22)27(29-20)24-13-8-14-25(28)23(24)16-15-21-9-4-2-5-10-21/h2-14,19H,15-18H2,1H3. The number of nitrogens with zero attached hydrogens (tertiary/aromatic N) is 2. The zero-order valence-electron chi connectivity index (χ0n) is 17.6. The molecule has 0 N–H and O–H groups in total. The molecule has 0 bridgehead atoms. The van der Waals surface area contributed by atoms with Crippen LogP contribution in [0.15, 0.2) is 89.7 Å². The summed E-state index contributed by atoms with van der Waals surface area (Å²) in [6.07, 6.45) is 1.95. The van der Waals surface area contributed by atoms with Crippen molar-refractivity contribution in [3.8, 4) is 11.4 Å². The SMILES string of the molecule is Cc1cc(=O)n(CCc2ccccc2)c(-c2cccc(F)c2CCc2ccccc2)n1. The molecule has 1 heterocycles. The highest BCUT2D eigenvalue weighted by atomic mass is 19.1. The molecule has 0 spiro atoms. The van der Waals surface area contributed by atoms with Crippen LogP contribution < -0.4 is 5.56 Å². The highest BCUT2D eigenvalue weighted by Gasteiger charge is 2.16. The van der Waals surface area contributed by atoms with Crippen LogP contribution in [-0.2, 0) is 25.8 Å². The van der Waals surface area contributed by atoms with E-state index in [-0.39, 0.29) is 11.4 Å². The van der Waals surface area contributed by atoms with Gasteiger partial charge in [0.1, 0.15) is 11.6 Å². The lowest BCUT2D eigenvalue weighted by atomic mass is 9.98. The summed E-state index contributed by atoms with van der Waals surface area (Å²) in [6.45, 7) is 2.29. The first-order valence-corrected chi connectivity index (χ1v) is 10.6. The average Bonchev–Trinajstić information content (AvgIpc) is 2.78. The normalized spacial score (nSPS) is 10.9. The summed E-state index contributed by atoms with van der Waals surface area (Å²) in [5, 5.41) is 0. The Bertz CT molecular complexity index is 1220. The van der Waals surface area contributed by atoms with Crippen molar-refractivity contribution in [2.24, 2.45) is 0 Å². The lowest BCUT2D eigenvalue weighted by molar-refractivity contribution is 0.607. The molecule has 3 nitrogen and oxygen atoms in total. The Morgan fingerprint density at radius 2 is 1.45 bits per heavy atom. The van der Waals surface area contributed by atoms with E-state index in [0.29, 0.717) is 42.0 Å². The molecule has 0 radical (unpaired) electrons. The van der Waals surface area contributed by atoms with Gasteiger partial charge in [0, 0.05) is 23.9 Å².